The molecule has 1 aromatic rings. The highest BCUT2D eigenvalue weighted by Crippen LogP contribution is 2.33. The first-order valence-electron chi connectivity index (χ1n) is 6.62. The number of amides is 1. The van der Waals surface area contributed by atoms with Gasteiger partial charge in [-0.2, -0.15) is 0 Å². The Labute approximate surface area is 112 Å². The van der Waals surface area contributed by atoms with Crippen LogP contribution in [0, 0.1) is 0 Å². The SMILES string of the molecule is CC(=O)N1CCNC(c2ccc3c(c2)OCCO3)C1. The van der Waals surface area contributed by atoms with Crippen LogP contribution in [0.5, 0.6) is 11.5 Å². The number of nitrogens with zero attached hydrogens (tertiary/aromatic N) is 1. The summed E-state index contributed by atoms with van der Waals surface area (Å²) in [7, 11) is 0. The number of rotatable bonds is 1. The van der Waals surface area contributed by atoms with Crippen molar-refractivity contribution in [3.05, 3.63) is 23.8 Å². The van der Waals surface area contributed by atoms with Crippen LogP contribution in [0.3, 0.4) is 0 Å². The summed E-state index contributed by atoms with van der Waals surface area (Å²) in [4.78, 5) is 13.3. The van der Waals surface area contributed by atoms with Crippen molar-refractivity contribution in [3.8, 4) is 11.5 Å². The Hall–Kier alpha value is -1.75. The van der Waals surface area contributed by atoms with Gasteiger partial charge in [0.15, 0.2) is 11.5 Å². The molecular formula is C14H18N2O3. The topological polar surface area (TPSA) is 50.8 Å². The fraction of sp³-hybridized carbons (Fsp3) is 0.500. The Morgan fingerprint density at radius 3 is 2.89 bits per heavy atom. The number of hydrogen-bond donors (Lipinski definition) is 1. The molecule has 1 N–H and O–H groups in total. The van der Waals surface area contributed by atoms with E-state index < -0.39 is 0 Å². The highest BCUT2D eigenvalue weighted by molar-refractivity contribution is 5.73. The van der Waals surface area contributed by atoms with E-state index >= 15 is 0 Å². The second kappa shape index (κ2) is 5.09. The zero-order valence-electron chi connectivity index (χ0n) is 11.0. The van der Waals surface area contributed by atoms with Gasteiger partial charge in [0, 0.05) is 26.6 Å². The zero-order valence-corrected chi connectivity index (χ0v) is 11.0. The van der Waals surface area contributed by atoms with E-state index in [0.717, 1.165) is 30.2 Å². The number of carbonyl (C=O) groups is 1. The summed E-state index contributed by atoms with van der Waals surface area (Å²) in [5.74, 6) is 1.73. The first-order chi connectivity index (χ1) is 9.24. The molecule has 0 saturated carbocycles. The molecule has 1 atom stereocenters. The van der Waals surface area contributed by atoms with Gasteiger partial charge in [0.1, 0.15) is 13.2 Å². The van der Waals surface area contributed by atoms with Crippen molar-refractivity contribution in [3.63, 3.8) is 0 Å². The molecule has 5 heteroatoms. The van der Waals surface area contributed by atoms with Crippen molar-refractivity contribution in [2.24, 2.45) is 0 Å². The van der Waals surface area contributed by atoms with E-state index in [4.69, 9.17) is 9.47 Å². The summed E-state index contributed by atoms with van der Waals surface area (Å²) < 4.78 is 11.1. The summed E-state index contributed by atoms with van der Waals surface area (Å²) in [6.07, 6.45) is 0. The van der Waals surface area contributed by atoms with Crippen LogP contribution < -0.4 is 14.8 Å². The molecule has 3 rings (SSSR count). The van der Waals surface area contributed by atoms with Crippen molar-refractivity contribution in [2.75, 3.05) is 32.8 Å². The van der Waals surface area contributed by atoms with E-state index in [1.807, 2.05) is 23.1 Å². The monoisotopic (exact) mass is 262 g/mol. The number of hydrogen-bond acceptors (Lipinski definition) is 4. The van der Waals surface area contributed by atoms with Gasteiger partial charge >= 0.3 is 0 Å². The molecule has 0 aliphatic carbocycles. The van der Waals surface area contributed by atoms with Crippen molar-refractivity contribution >= 4 is 5.91 Å². The van der Waals surface area contributed by atoms with E-state index in [2.05, 4.69) is 5.32 Å². The summed E-state index contributed by atoms with van der Waals surface area (Å²) in [6, 6.07) is 6.15. The van der Waals surface area contributed by atoms with Crippen LogP contribution in [0.1, 0.15) is 18.5 Å². The Balaban J connectivity index is 1.79. The third kappa shape index (κ3) is 2.51. The molecule has 2 aliphatic heterocycles. The molecule has 1 aromatic carbocycles. The number of fused-ring (bicyclic) bond motifs is 1. The third-order valence-corrected chi connectivity index (χ3v) is 3.59. The summed E-state index contributed by atoms with van der Waals surface area (Å²) >= 11 is 0. The average molecular weight is 262 g/mol. The number of nitrogens with one attached hydrogen (secondary N) is 1. The van der Waals surface area contributed by atoms with Crippen molar-refractivity contribution in [2.45, 2.75) is 13.0 Å². The van der Waals surface area contributed by atoms with Crippen molar-refractivity contribution < 1.29 is 14.3 Å². The molecule has 1 saturated heterocycles. The predicted molar refractivity (Wildman–Crippen MR) is 70.4 cm³/mol. The van der Waals surface area contributed by atoms with Crippen LogP contribution in [0.15, 0.2) is 18.2 Å². The minimum Gasteiger partial charge on any atom is -0.486 e. The summed E-state index contributed by atoms with van der Waals surface area (Å²) in [5.41, 5.74) is 1.13. The second-order valence-electron chi connectivity index (χ2n) is 4.87. The van der Waals surface area contributed by atoms with Gasteiger partial charge in [-0.1, -0.05) is 6.07 Å². The smallest absolute Gasteiger partial charge is 0.219 e. The first-order valence-corrected chi connectivity index (χ1v) is 6.62. The number of piperazine rings is 1. The maximum absolute atomic E-state index is 11.5. The molecule has 2 aliphatic rings. The van der Waals surface area contributed by atoms with Crippen LogP contribution in [0.25, 0.3) is 0 Å². The lowest BCUT2D eigenvalue weighted by Gasteiger charge is -2.33. The molecule has 1 unspecified atom stereocenters. The van der Waals surface area contributed by atoms with Gasteiger partial charge < -0.3 is 19.7 Å². The average Bonchev–Trinajstić information content (AvgIpc) is 2.47. The van der Waals surface area contributed by atoms with E-state index in [9.17, 15) is 4.79 Å². The highest BCUT2D eigenvalue weighted by atomic mass is 16.6. The minimum atomic E-state index is 0.129. The second-order valence-corrected chi connectivity index (χ2v) is 4.87. The van der Waals surface area contributed by atoms with Gasteiger partial charge in [0.25, 0.3) is 0 Å². The van der Waals surface area contributed by atoms with Gasteiger partial charge in [0.05, 0.1) is 6.04 Å². The van der Waals surface area contributed by atoms with Crippen molar-refractivity contribution in [1.29, 1.82) is 0 Å². The standard InChI is InChI=1S/C14H18N2O3/c1-10(17)16-5-4-15-12(9-16)11-2-3-13-14(8-11)19-7-6-18-13/h2-3,8,12,15H,4-7,9H2,1H3. The summed E-state index contributed by atoms with van der Waals surface area (Å²) in [5, 5.41) is 3.44. The minimum absolute atomic E-state index is 0.129. The lowest BCUT2D eigenvalue weighted by molar-refractivity contribution is -0.130. The summed E-state index contributed by atoms with van der Waals surface area (Å²) in [6.45, 7) is 5.11. The van der Waals surface area contributed by atoms with Crippen LogP contribution >= 0.6 is 0 Å². The van der Waals surface area contributed by atoms with Gasteiger partial charge in [-0.15, -0.1) is 0 Å². The van der Waals surface area contributed by atoms with Crippen LogP contribution in [0.4, 0.5) is 0 Å². The Bertz CT molecular complexity index is 490. The van der Waals surface area contributed by atoms with Crippen LogP contribution in [-0.4, -0.2) is 43.7 Å². The van der Waals surface area contributed by atoms with E-state index in [1.165, 1.54) is 0 Å². The van der Waals surface area contributed by atoms with Gasteiger partial charge in [0.2, 0.25) is 5.91 Å². The number of carbonyl (C=O) groups excluding carboxylic acids is 1. The molecule has 5 nitrogen and oxygen atoms in total. The Morgan fingerprint density at radius 2 is 2.11 bits per heavy atom. The van der Waals surface area contributed by atoms with Gasteiger partial charge in [-0.3, -0.25) is 4.79 Å². The molecule has 0 aromatic heterocycles. The highest BCUT2D eigenvalue weighted by Gasteiger charge is 2.23. The maximum Gasteiger partial charge on any atom is 0.219 e. The van der Waals surface area contributed by atoms with E-state index in [-0.39, 0.29) is 11.9 Å². The predicted octanol–water partition coefficient (Wildman–Crippen LogP) is 0.951. The zero-order chi connectivity index (χ0) is 13.2. The maximum atomic E-state index is 11.5. The van der Waals surface area contributed by atoms with Gasteiger partial charge in [-0.25, -0.2) is 0 Å². The molecule has 0 bridgehead atoms. The van der Waals surface area contributed by atoms with Crippen molar-refractivity contribution in [1.82, 2.24) is 10.2 Å². The molecule has 1 amide bonds. The van der Waals surface area contributed by atoms with E-state index in [1.54, 1.807) is 6.92 Å². The fourth-order valence-corrected chi connectivity index (χ4v) is 2.54. The quantitative estimate of drug-likeness (QED) is 0.818. The van der Waals surface area contributed by atoms with Crippen LogP contribution in [-0.2, 0) is 4.79 Å². The Morgan fingerprint density at radius 1 is 1.32 bits per heavy atom. The lowest BCUT2D eigenvalue weighted by atomic mass is 10.0. The molecule has 1 fully saturated rings. The molecular weight excluding hydrogens is 244 g/mol. The van der Waals surface area contributed by atoms with Gasteiger partial charge in [-0.05, 0) is 17.7 Å². The van der Waals surface area contributed by atoms with Crippen LogP contribution in [0.2, 0.25) is 0 Å². The molecule has 19 heavy (non-hydrogen) atoms. The fourth-order valence-electron chi connectivity index (χ4n) is 2.54. The molecule has 0 spiro atoms. The molecule has 102 valence electrons. The third-order valence-electron chi connectivity index (χ3n) is 3.59. The first kappa shape index (κ1) is 12.3. The number of benzene rings is 1. The molecule has 0 radical (unpaired) electrons. The lowest BCUT2D eigenvalue weighted by Crippen LogP contribution is -2.47. The largest absolute Gasteiger partial charge is 0.486 e. The van der Waals surface area contributed by atoms with E-state index in [0.29, 0.717) is 19.8 Å². The Kier molecular flexibility index (Phi) is 3.29. The molecule has 2 heterocycles. The number of ether oxygens (including phenoxy) is 2. The normalized spacial score (nSPS) is 22.2.